The number of hydrogen-bond acceptors (Lipinski definition) is 8. The van der Waals surface area contributed by atoms with Crippen LogP contribution >= 0.6 is 0 Å². The number of methoxy groups -OCH3 is 1. The van der Waals surface area contributed by atoms with Gasteiger partial charge in [-0.15, -0.1) is 0 Å². The van der Waals surface area contributed by atoms with Gasteiger partial charge in [0.15, 0.2) is 11.9 Å². The van der Waals surface area contributed by atoms with Crippen molar-refractivity contribution in [1.29, 1.82) is 0 Å². The molecule has 0 aliphatic carbocycles. The van der Waals surface area contributed by atoms with Gasteiger partial charge in [-0.3, -0.25) is 0 Å². The van der Waals surface area contributed by atoms with Crippen LogP contribution in [-0.4, -0.2) is 66.6 Å². The van der Waals surface area contributed by atoms with Gasteiger partial charge in [0.05, 0.1) is 11.1 Å². The van der Waals surface area contributed by atoms with Crippen molar-refractivity contribution >= 4 is 11.9 Å². The molecule has 8 nitrogen and oxygen atoms in total. The number of aliphatic hydroxyl groups excluding tert-OH is 2. The van der Waals surface area contributed by atoms with Crippen molar-refractivity contribution in [3.05, 3.63) is 71.8 Å². The summed E-state index contributed by atoms with van der Waals surface area (Å²) in [5.74, 6) is -1.30. The van der Waals surface area contributed by atoms with Crippen molar-refractivity contribution in [2.75, 3.05) is 20.3 Å². The van der Waals surface area contributed by atoms with Gasteiger partial charge in [-0.2, -0.15) is 0 Å². The van der Waals surface area contributed by atoms with Crippen molar-refractivity contribution < 1.29 is 38.7 Å². The van der Waals surface area contributed by atoms with E-state index in [9.17, 15) is 19.8 Å². The third-order valence-electron chi connectivity index (χ3n) is 4.64. The maximum atomic E-state index is 12.3. The minimum Gasteiger partial charge on any atom is -0.459 e. The Morgan fingerprint density at radius 2 is 1.34 bits per heavy atom. The number of ether oxygens (including phenoxy) is 4. The van der Waals surface area contributed by atoms with Gasteiger partial charge in [0.1, 0.15) is 25.4 Å². The quantitative estimate of drug-likeness (QED) is 0.664. The van der Waals surface area contributed by atoms with Crippen LogP contribution in [-0.2, 0) is 18.9 Å². The third kappa shape index (κ3) is 4.63. The number of hydrogen-bond donors (Lipinski definition) is 2. The predicted molar refractivity (Wildman–Crippen MR) is 100 cm³/mol. The van der Waals surface area contributed by atoms with E-state index < -0.39 is 49.3 Å². The molecule has 2 aromatic carbocycles. The Hall–Kier alpha value is -2.78. The van der Waals surface area contributed by atoms with Gasteiger partial charge < -0.3 is 29.2 Å². The van der Waals surface area contributed by atoms with Crippen LogP contribution in [0.25, 0.3) is 0 Å². The molecule has 0 aromatic heterocycles. The van der Waals surface area contributed by atoms with Crippen molar-refractivity contribution in [3.63, 3.8) is 0 Å². The van der Waals surface area contributed by atoms with E-state index in [0.717, 1.165) is 0 Å². The molecule has 154 valence electrons. The van der Waals surface area contributed by atoms with Gasteiger partial charge in [-0.25, -0.2) is 9.59 Å². The molecular formula is C21H22O8. The molecule has 1 aliphatic heterocycles. The second-order valence-corrected chi connectivity index (χ2v) is 6.61. The summed E-state index contributed by atoms with van der Waals surface area (Å²) in [6.45, 7) is -0.915. The molecule has 0 saturated carbocycles. The van der Waals surface area contributed by atoms with Crippen LogP contribution in [0.1, 0.15) is 20.7 Å². The van der Waals surface area contributed by atoms with Gasteiger partial charge >= 0.3 is 11.9 Å². The average Bonchev–Trinajstić information content (AvgIpc) is 3.02. The topological polar surface area (TPSA) is 112 Å². The van der Waals surface area contributed by atoms with E-state index in [0.29, 0.717) is 11.1 Å². The molecule has 0 amide bonds. The van der Waals surface area contributed by atoms with E-state index in [1.807, 2.05) is 0 Å². The van der Waals surface area contributed by atoms with Gasteiger partial charge in [0.2, 0.25) is 0 Å². The normalized spacial score (nSPS) is 22.8. The lowest BCUT2D eigenvalue weighted by Gasteiger charge is -2.30. The van der Waals surface area contributed by atoms with Crippen LogP contribution in [0.3, 0.4) is 0 Å². The molecule has 3 atom stereocenters. The standard InChI is InChI=1S/C21H22O8/c1-26-20-16(22)17(23)21(29-20,12-27-18(24)14-8-4-2-5-9-14)13-28-19(25)15-10-6-3-7-11-15/h2-11,16-17,20,22-23H,12-13H2,1H3/t16-,17+,20-/m1/s1. The molecule has 3 rings (SSSR count). The molecule has 2 aromatic rings. The van der Waals surface area contributed by atoms with E-state index in [4.69, 9.17) is 18.9 Å². The summed E-state index contributed by atoms with van der Waals surface area (Å²) in [5, 5.41) is 20.7. The van der Waals surface area contributed by atoms with E-state index in [1.165, 1.54) is 7.11 Å². The first-order chi connectivity index (χ1) is 14.0. The van der Waals surface area contributed by atoms with Crippen LogP contribution < -0.4 is 0 Å². The van der Waals surface area contributed by atoms with Crippen LogP contribution in [0, 0.1) is 0 Å². The Kier molecular flexibility index (Phi) is 6.60. The summed E-state index contributed by atoms with van der Waals surface area (Å²) >= 11 is 0. The minimum atomic E-state index is -1.69. The minimum absolute atomic E-state index is 0.306. The first-order valence-corrected chi connectivity index (χ1v) is 8.98. The van der Waals surface area contributed by atoms with Crippen LogP contribution in [0.5, 0.6) is 0 Å². The van der Waals surface area contributed by atoms with Crippen molar-refractivity contribution in [2.45, 2.75) is 24.1 Å². The molecule has 1 aliphatic rings. The fraction of sp³-hybridized carbons (Fsp3) is 0.333. The third-order valence-corrected chi connectivity index (χ3v) is 4.64. The lowest BCUT2D eigenvalue weighted by molar-refractivity contribution is -0.199. The van der Waals surface area contributed by atoms with Gasteiger partial charge in [-0.05, 0) is 24.3 Å². The summed E-state index contributed by atoms with van der Waals surface area (Å²) in [7, 11) is 1.29. The maximum absolute atomic E-state index is 12.3. The lowest BCUT2D eigenvalue weighted by atomic mass is 9.97. The van der Waals surface area contributed by atoms with Gasteiger partial charge in [0.25, 0.3) is 0 Å². The molecule has 0 spiro atoms. The molecular weight excluding hydrogens is 380 g/mol. The lowest BCUT2D eigenvalue weighted by Crippen LogP contribution is -2.51. The summed E-state index contributed by atoms with van der Waals surface area (Å²) in [6.07, 6.45) is -4.10. The maximum Gasteiger partial charge on any atom is 0.338 e. The highest BCUT2D eigenvalue weighted by atomic mass is 16.7. The number of aliphatic hydroxyl groups is 2. The van der Waals surface area contributed by atoms with Crippen molar-refractivity contribution in [2.24, 2.45) is 0 Å². The van der Waals surface area contributed by atoms with Crippen LogP contribution in [0.15, 0.2) is 60.7 Å². The van der Waals surface area contributed by atoms with E-state index in [-0.39, 0.29) is 0 Å². The Morgan fingerprint density at radius 1 is 0.897 bits per heavy atom. The van der Waals surface area contributed by atoms with Crippen LogP contribution in [0.2, 0.25) is 0 Å². The van der Waals surface area contributed by atoms with Gasteiger partial charge in [0, 0.05) is 7.11 Å². The number of carbonyl (C=O) groups is 2. The van der Waals surface area contributed by atoms with Crippen molar-refractivity contribution in [3.8, 4) is 0 Å². The highest BCUT2D eigenvalue weighted by molar-refractivity contribution is 5.89. The Balaban J connectivity index is 1.74. The van der Waals surface area contributed by atoms with E-state index in [1.54, 1.807) is 60.7 Å². The molecule has 1 heterocycles. The SMILES string of the molecule is CO[C@@H]1OC(COC(=O)c2ccccc2)(COC(=O)c2ccccc2)[C@@H](O)[C@H]1O. The zero-order chi connectivity index (χ0) is 20.9. The molecule has 0 bridgehead atoms. The van der Waals surface area contributed by atoms with E-state index >= 15 is 0 Å². The zero-order valence-corrected chi connectivity index (χ0v) is 15.8. The fourth-order valence-electron chi connectivity index (χ4n) is 2.99. The molecule has 29 heavy (non-hydrogen) atoms. The molecule has 0 radical (unpaired) electrons. The van der Waals surface area contributed by atoms with Gasteiger partial charge in [-0.1, -0.05) is 36.4 Å². The first kappa shape index (κ1) is 20.9. The number of benzene rings is 2. The molecule has 0 unspecified atom stereocenters. The Morgan fingerprint density at radius 3 is 1.72 bits per heavy atom. The zero-order valence-electron chi connectivity index (χ0n) is 15.8. The first-order valence-electron chi connectivity index (χ1n) is 8.98. The van der Waals surface area contributed by atoms with E-state index in [2.05, 4.69) is 0 Å². The smallest absolute Gasteiger partial charge is 0.338 e. The average molecular weight is 402 g/mol. The molecule has 2 N–H and O–H groups in total. The van der Waals surface area contributed by atoms with Crippen molar-refractivity contribution in [1.82, 2.24) is 0 Å². The number of esters is 2. The summed E-state index contributed by atoms with van der Waals surface area (Å²) in [4.78, 5) is 24.6. The second-order valence-electron chi connectivity index (χ2n) is 6.61. The summed E-state index contributed by atoms with van der Waals surface area (Å²) in [6, 6.07) is 16.5. The van der Waals surface area contributed by atoms with Crippen LogP contribution in [0.4, 0.5) is 0 Å². The largest absolute Gasteiger partial charge is 0.459 e. The molecule has 8 heteroatoms. The number of rotatable bonds is 7. The highest BCUT2D eigenvalue weighted by Gasteiger charge is 2.56. The summed E-state index contributed by atoms with van der Waals surface area (Å²) in [5.41, 5.74) is -1.07. The predicted octanol–water partition coefficient (Wildman–Crippen LogP) is 1.16. The molecule has 1 saturated heterocycles. The fourth-order valence-corrected chi connectivity index (χ4v) is 2.99. The Bertz CT molecular complexity index is 768. The monoisotopic (exact) mass is 402 g/mol. The Labute approximate surface area is 167 Å². The highest BCUT2D eigenvalue weighted by Crippen LogP contribution is 2.33. The summed E-state index contributed by atoms with van der Waals surface area (Å²) < 4.78 is 21.2. The molecule has 1 fully saturated rings. The second kappa shape index (κ2) is 9.15. The number of carbonyl (C=O) groups excluding carboxylic acids is 2.